The number of amides is 1. The number of nitro benzene ring substituents is 1. The molecule has 0 saturated heterocycles. The molecule has 0 aliphatic rings. The minimum absolute atomic E-state index is 0.0343. The zero-order valence-electron chi connectivity index (χ0n) is 13.5. The maximum absolute atomic E-state index is 12.1. The molecule has 2 heterocycles. The number of benzene rings is 1. The van der Waals surface area contributed by atoms with Gasteiger partial charge in [0, 0.05) is 11.1 Å². The molecular weight excluding hydrogens is 414 g/mol. The summed E-state index contributed by atoms with van der Waals surface area (Å²) >= 11 is 8.23. The van der Waals surface area contributed by atoms with Gasteiger partial charge in [0.25, 0.3) is 5.69 Å². The van der Waals surface area contributed by atoms with Crippen LogP contribution < -0.4 is 10.6 Å². The second kappa shape index (κ2) is 8.84. The number of nitrogens with zero attached hydrogens (tertiary/aromatic N) is 3. The first-order valence-electron chi connectivity index (χ1n) is 7.47. The van der Waals surface area contributed by atoms with Crippen LogP contribution in [-0.2, 0) is 11.3 Å². The molecular formula is C15H12ClN5O4S2. The van der Waals surface area contributed by atoms with Crippen LogP contribution in [0.4, 0.5) is 16.5 Å². The standard InChI is InChI=1S/C15H12ClN5O4S2/c16-9-3-4-11(12(6-9)21(23)24)18-13(22)8-26-15-20-19-14(27-15)17-7-10-2-1-5-25-10/h1-6H,7-8H2,(H,17,19)(H,18,22). The van der Waals surface area contributed by atoms with Crippen LogP contribution in [0.5, 0.6) is 0 Å². The van der Waals surface area contributed by atoms with Crippen LogP contribution in [0.15, 0.2) is 45.4 Å². The smallest absolute Gasteiger partial charge is 0.294 e. The van der Waals surface area contributed by atoms with E-state index in [4.69, 9.17) is 16.0 Å². The Kier molecular flexibility index (Phi) is 6.27. The van der Waals surface area contributed by atoms with Crippen LogP contribution in [0.25, 0.3) is 0 Å². The zero-order valence-corrected chi connectivity index (χ0v) is 15.9. The number of nitro groups is 1. The topological polar surface area (TPSA) is 123 Å². The fourth-order valence-corrected chi connectivity index (χ4v) is 3.70. The molecule has 0 bridgehead atoms. The number of rotatable bonds is 8. The molecule has 2 aromatic heterocycles. The number of halogens is 1. The summed E-state index contributed by atoms with van der Waals surface area (Å²) in [5, 5.41) is 25.4. The van der Waals surface area contributed by atoms with E-state index in [1.54, 1.807) is 12.3 Å². The molecule has 0 fully saturated rings. The van der Waals surface area contributed by atoms with E-state index in [2.05, 4.69) is 20.8 Å². The van der Waals surface area contributed by atoms with Gasteiger partial charge in [0.05, 0.1) is 23.5 Å². The number of carbonyl (C=O) groups is 1. The summed E-state index contributed by atoms with van der Waals surface area (Å²) in [5.74, 6) is 0.404. The van der Waals surface area contributed by atoms with E-state index >= 15 is 0 Å². The lowest BCUT2D eigenvalue weighted by atomic mass is 10.2. The highest BCUT2D eigenvalue weighted by atomic mass is 35.5. The van der Waals surface area contributed by atoms with E-state index < -0.39 is 10.8 Å². The van der Waals surface area contributed by atoms with E-state index in [9.17, 15) is 14.9 Å². The summed E-state index contributed by atoms with van der Waals surface area (Å²) in [6, 6.07) is 7.68. The normalized spacial score (nSPS) is 10.6. The molecule has 1 amide bonds. The predicted molar refractivity (Wildman–Crippen MR) is 103 cm³/mol. The summed E-state index contributed by atoms with van der Waals surface area (Å²) in [7, 11) is 0. The summed E-state index contributed by atoms with van der Waals surface area (Å²) in [5.41, 5.74) is -0.172. The predicted octanol–water partition coefficient (Wildman–Crippen LogP) is 4.04. The van der Waals surface area contributed by atoms with E-state index in [0.717, 1.165) is 5.76 Å². The van der Waals surface area contributed by atoms with E-state index in [1.165, 1.54) is 41.3 Å². The lowest BCUT2D eigenvalue weighted by molar-refractivity contribution is -0.383. The average Bonchev–Trinajstić information content (AvgIpc) is 3.31. The number of hydrogen-bond acceptors (Lipinski definition) is 9. The Balaban J connectivity index is 1.52. The van der Waals surface area contributed by atoms with Crippen molar-refractivity contribution >= 4 is 57.1 Å². The number of furan rings is 1. The first-order chi connectivity index (χ1) is 13.0. The summed E-state index contributed by atoms with van der Waals surface area (Å²) in [6.45, 7) is 0.479. The van der Waals surface area contributed by atoms with Crippen LogP contribution in [0, 0.1) is 10.1 Å². The molecule has 0 atom stereocenters. The molecule has 0 aliphatic carbocycles. The molecule has 1 aromatic carbocycles. The molecule has 27 heavy (non-hydrogen) atoms. The maximum Gasteiger partial charge on any atom is 0.294 e. The van der Waals surface area contributed by atoms with Crippen LogP contribution >= 0.6 is 34.7 Å². The van der Waals surface area contributed by atoms with Crippen LogP contribution in [0.2, 0.25) is 5.02 Å². The molecule has 9 nitrogen and oxygen atoms in total. The fourth-order valence-electron chi connectivity index (χ4n) is 1.99. The zero-order chi connectivity index (χ0) is 19.2. The monoisotopic (exact) mass is 425 g/mol. The van der Waals surface area contributed by atoms with E-state index in [0.29, 0.717) is 16.0 Å². The van der Waals surface area contributed by atoms with Gasteiger partial charge in [-0.2, -0.15) is 0 Å². The first-order valence-corrected chi connectivity index (χ1v) is 9.65. The highest BCUT2D eigenvalue weighted by molar-refractivity contribution is 8.01. The van der Waals surface area contributed by atoms with Crippen molar-refractivity contribution in [1.29, 1.82) is 0 Å². The Bertz CT molecular complexity index is 948. The molecule has 0 unspecified atom stereocenters. The van der Waals surface area contributed by atoms with Gasteiger partial charge in [-0.05, 0) is 24.3 Å². The number of nitrogens with one attached hydrogen (secondary N) is 2. The summed E-state index contributed by atoms with van der Waals surface area (Å²) < 4.78 is 5.81. The van der Waals surface area contributed by atoms with E-state index in [-0.39, 0.29) is 22.2 Å². The molecule has 0 aliphatic heterocycles. The Hall–Kier alpha value is -2.63. The lowest BCUT2D eigenvalue weighted by Gasteiger charge is -2.05. The van der Waals surface area contributed by atoms with Crippen LogP contribution in [0.1, 0.15) is 5.76 Å². The number of aromatic nitrogens is 2. The highest BCUT2D eigenvalue weighted by Crippen LogP contribution is 2.29. The molecule has 3 aromatic rings. The molecule has 0 spiro atoms. The molecule has 140 valence electrons. The Labute approximate surface area is 166 Å². The quantitative estimate of drug-likeness (QED) is 0.315. The van der Waals surface area contributed by atoms with Gasteiger partial charge in [0.1, 0.15) is 11.4 Å². The largest absolute Gasteiger partial charge is 0.467 e. The van der Waals surface area contributed by atoms with Gasteiger partial charge in [0.2, 0.25) is 11.0 Å². The van der Waals surface area contributed by atoms with Crippen molar-refractivity contribution in [3.05, 3.63) is 57.5 Å². The number of thioether (sulfide) groups is 1. The maximum atomic E-state index is 12.1. The van der Waals surface area contributed by atoms with Crippen LogP contribution in [0.3, 0.4) is 0 Å². The third-order valence-electron chi connectivity index (χ3n) is 3.16. The van der Waals surface area contributed by atoms with E-state index in [1.807, 2.05) is 6.07 Å². The van der Waals surface area contributed by atoms with Crippen molar-refractivity contribution in [3.8, 4) is 0 Å². The van der Waals surface area contributed by atoms with Crippen molar-refractivity contribution in [1.82, 2.24) is 10.2 Å². The fraction of sp³-hybridized carbons (Fsp3) is 0.133. The number of anilines is 2. The Morgan fingerprint density at radius 3 is 2.96 bits per heavy atom. The van der Waals surface area contributed by atoms with Gasteiger partial charge in [-0.3, -0.25) is 14.9 Å². The Morgan fingerprint density at radius 2 is 2.22 bits per heavy atom. The number of carbonyl (C=O) groups excluding carboxylic acids is 1. The molecule has 2 N–H and O–H groups in total. The lowest BCUT2D eigenvalue weighted by Crippen LogP contribution is -2.15. The summed E-state index contributed by atoms with van der Waals surface area (Å²) in [6.07, 6.45) is 1.59. The van der Waals surface area contributed by atoms with Gasteiger partial charge in [-0.15, -0.1) is 10.2 Å². The average molecular weight is 426 g/mol. The van der Waals surface area contributed by atoms with Gasteiger partial charge in [-0.1, -0.05) is 34.7 Å². The molecule has 0 saturated carbocycles. The van der Waals surface area contributed by atoms with Crippen LogP contribution in [-0.4, -0.2) is 26.8 Å². The first kappa shape index (κ1) is 19.1. The minimum Gasteiger partial charge on any atom is -0.467 e. The SMILES string of the molecule is O=C(CSc1nnc(NCc2ccco2)s1)Nc1ccc(Cl)cc1[N+](=O)[O-]. The molecule has 12 heteroatoms. The number of hydrogen-bond donors (Lipinski definition) is 2. The summed E-state index contributed by atoms with van der Waals surface area (Å²) in [4.78, 5) is 22.5. The van der Waals surface area contributed by atoms with Gasteiger partial charge >= 0.3 is 0 Å². The van der Waals surface area contributed by atoms with Gasteiger partial charge < -0.3 is 15.1 Å². The van der Waals surface area contributed by atoms with Crippen molar-refractivity contribution in [2.75, 3.05) is 16.4 Å². The second-order valence-corrected chi connectivity index (χ2v) is 7.70. The van der Waals surface area contributed by atoms with Crippen molar-refractivity contribution in [3.63, 3.8) is 0 Å². The minimum atomic E-state index is -0.601. The highest BCUT2D eigenvalue weighted by Gasteiger charge is 2.17. The second-order valence-electron chi connectivity index (χ2n) is 5.06. The van der Waals surface area contributed by atoms with Gasteiger partial charge in [-0.25, -0.2) is 0 Å². The van der Waals surface area contributed by atoms with Gasteiger partial charge in [0.15, 0.2) is 4.34 Å². The molecule has 0 radical (unpaired) electrons. The van der Waals surface area contributed by atoms with Crippen molar-refractivity contribution in [2.45, 2.75) is 10.9 Å². The third-order valence-corrected chi connectivity index (χ3v) is 5.41. The Morgan fingerprint density at radius 1 is 1.37 bits per heavy atom. The third kappa shape index (κ3) is 5.42. The molecule has 3 rings (SSSR count). The van der Waals surface area contributed by atoms with Crippen molar-refractivity contribution < 1.29 is 14.1 Å². The van der Waals surface area contributed by atoms with Crippen molar-refractivity contribution in [2.24, 2.45) is 0 Å².